The van der Waals surface area contributed by atoms with Crippen LogP contribution < -0.4 is 4.74 Å². The molecule has 2 unspecified atom stereocenters. The predicted molar refractivity (Wildman–Crippen MR) is 106 cm³/mol. The van der Waals surface area contributed by atoms with E-state index in [9.17, 15) is 4.39 Å². The van der Waals surface area contributed by atoms with E-state index >= 15 is 0 Å². The number of fused-ring (bicyclic) bond motifs is 1. The summed E-state index contributed by atoms with van der Waals surface area (Å²) < 4.78 is 31.2. The van der Waals surface area contributed by atoms with Gasteiger partial charge in [0.05, 0.1) is 6.10 Å². The molecule has 3 aromatic rings. The van der Waals surface area contributed by atoms with E-state index < -0.39 is 5.60 Å². The van der Waals surface area contributed by atoms with E-state index in [1.54, 1.807) is 14.2 Å². The summed E-state index contributed by atoms with van der Waals surface area (Å²) in [7, 11) is 3.20. The first-order valence-corrected chi connectivity index (χ1v) is 8.96. The van der Waals surface area contributed by atoms with Crippen LogP contribution in [0.1, 0.15) is 25.0 Å². The third-order valence-corrected chi connectivity index (χ3v) is 5.22. The Hall–Kier alpha value is -2.43. The number of hydrogen-bond donors (Lipinski definition) is 0. The molecule has 0 saturated heterocycles. The van der Waals surface area contributed by atoms with Gasteiger partial charge in [-0.15, -0.1) is 0 Å². The fraction of sp³-hybridized carbons (Fsp3) is 0.304. The molecule has 27 heavy (non-hydrogen) atoms. The second kappa shape index (κ2) is 8.07. The summed E-state index contributed by atoms with van der Waals surface area (Å²) in [6.07, 6.45) is -0.252. The van der Waals surface area contributed by atoms with Crippen molar-refractivity contribution < 1.29 is 18.6 Å². The van der Waals surface area contributed by atoms with Gasteiger partial charge in [0.15, 0.2) is 0 Å². The molecular weight excluding hydrogens is 343 g/mol. The second-order valence-corrected chi connectivity index (χ2v) is 6.83. The molecule has 3 nitrogen and oxygen atoms in total. The Kier molecular flexibility index (Phi) is 5.78. The lowest BCUT2D eigenvalue weighted by molar-refractivity contribution is -0.104. The molecule has 0 saturated carbocycles. The van der Waals surface area contributed by atoms with Gasteiger partial charge in [0.2, 0.25) is 0 Å². The second-order valence-electron chi connectivity index (χ2n) is 6.83. The molecule has 0 fully saturated rings. The molecule has 2 atom stereocenters. The Labute approximate surface area is 159 Å². The van der Waals surface area contributed by atoms with E-state index in [-0.39, 0.29) is 11.9 Å². The quantitative estimate of drug-likeness (QED) is 0.555. The van der Waals surface area contributed by atoms with Crippen LogP contribution in [0.25, 0.3) is 10.8 Å². The van der Waals surface area contributed by atoms with Crippen molar-refractivity contribution in [1.82, 2.24) is 0 Å². The third-order valence-electron chi connectivity index (χ3n) is 5.22. The van der Waals surface area contributed by atoms with Gasteiger partial charge in [0, 0.05) is 20.3 Å². The van der Waals surface area contributed by atoms with Gasteiger partial charge in [0.25, 0.3) is 0 Å². The van der Waals surface area contributed by atoms with Crippen LogP contribution >= 0.6 is 0 Å². The Morgan fingerprint density at radius 1 is 0.963 bits per heavy atom. The highest BCUT2D eigenvalue weighted by Crippen LogP contribution is 2.33. The van der Waals surface area contributed by atoms with Gasteiger partial charge in [0.1, 0.15) is 23.8 Å². The zero-order valence-corrected chi connectivity index (χ0v) is 16.2. The largest absolute Gasteiger partial charge is 0.489 e. The molecule has 3 aromatic carbocycles. The number of ether oxygens (including phenoxy) is 3. The maximum Gasteiger partial charge on any atom is 0.127 e. The smallest absolute Gasteiger partial charge is 0.127 e. The van der Waals surface area contributed by atoms with Gasteiger partial charge in [-0.2, -0.15) is 0 Å². The SMILES string of the molecule is COC(C)C(C)(OC)c1cc(F)cc(OCc2ccc3ccccc3c2)c1. The van der Waals surface area contributed by atoms with Crippen LogP contribution in [-0.2, 0) is 21.7 Å². The molecule has 0 amide bonds. The molecule has 0 N–H and O–H groups in total. The monoisotopic (exact) mass is 368 g/mol. The Bertz CT molecular complexity index is 924. The zero-order valence-electron chi connectivity index (χ0n) is 16.2. The molecule has 142 valence electrons. The standard InChI is InChI=1S/C23H25FO3/c1-16(25-3)23(2,26-4)20-12-21(24)14-22(13-20)27-15-17-9-10-18-7-5-6-8-19(18)11-17/h5-14,16H,15H2,1-4H3. The van der Waals surface area contributed by atoms with Crippen molar-refractivity contribution in [2.24, 2.45) is 0 Å². The topological polar surface area (TPSA) is 27.7 Å². The lowest BCUT2D eigenvalue weighted by Gasteiger charge is -2.34. The molecule has 4 heteroatoms. The van der Waals surface area contributed by atoms with Crippen molar-refractivity contribution in [3.8, 4) is 5.75 Å². The minimum atomic E-state index is -0.780. The van der Waals surface area contributed by atoms with Crippen LogP contribution in [-0.4, -0.2) is 20.3 Å². The van der Waals surface area contributed by atoms with E-state index in [2.05, 4.69) is 24.3 Å². The van der Waals surface area contributed by atoms with Gasteiger partial charge in [-0.05, 0) is 53.9 Å². The van der Waals surface area contributed by atoms with Gasteiger partial charge in [-0.25, -0.2) is 4.39 Å². The van der Waals surface area contributed by atoms with Gasteiger partial charge in [-0.1, -0.05) is 36.4 Å². The lowest BCUT2D eigenvalue weighted by atomic mass is 9.90. The van der Waals surface area contributed by atoms with Crippen molar-refractivity contribution in [2.75, 3.05) is 14.2 Å². The number of methoxy groups -OCH3 is 2. The first-order valence-electron chi connectivity index (χ1n) is 8.96. The van der Waals surface area contributed by atoms with E-state index in [0.29, 0.717) is 17.9 Å². The highest BCUT2D eigenvalue weighted by atomic mass is 19.1. The molecule has 0 spiro atoms. The van der Waals surface area contributed by atoms with Crippen molar-refractivity contribution in [1.29, 1.82) is 0 Å². The summed E-state index contributed by atoms with van der Waals surface area (Å²) in [6.45, 7) is 4.13. The number of hydrogen-bond acceptors (Lipinski definition) is 3. The fourth-order valence-electron chi connectivity index (χ4n) is 3.17. The summed E-state index contributed by atoms with van der Waals surface area (Å²) in [5, 5.41) is 2.33. The van der Waals surface area contributed by atoms with Crippen LogP contribution in [0.2, 0.25) is 0 Å². The molecule has 0 bridgehead atoms. The number of benzene rings is 3. The van der Waals surface area contributed by atoms with Crippen molar-refractivity contribution >= 4 is 10.8 Å². The van der Waals surface area contributed by atoms with Gasteiger partial charge < -0.3 is 14.2 Å². The van der Waals surface area contributed by atoms with Crippen LogP contribution in [0.5, 0.6) is 5.75 Å². The molecule has 0 aromatic heterocycles. The average molecular weight is 368 g/mol. The van der Waals surface area contributed by atoms with Crippen LogP contribution in [0.15, 0.2) is 60.7 Å². The fourth-order valence-corrected chi connectivity index (χ4v) is 3.17. The van der Waals surface area contributed by atoms with Crippen molar-refractivity contribution in [2.45, 2.75) is 32.2 Å². The van der Waals surface area contributed by atoms with Crippen molar-refractivity contribution in [3.63, 3.8) is 0 Å². The highest BCUT2D eigenvalue weighted by molar-refractivity contribution is 5.82. The molecular formula is C23H25FO3. The summed E-state index contributed by atoms with van der Waals surface area (Å²) in [5.41, 5.74) is 0.921. The molecule has 0 heterocycles. The van der Waals surface area contributed by atoms with E-state index in [0.717, 1.165) is 10.9 Å². The Morgan fingerprint density at radius 2 is 1.70 bits per heavy atom. The number of rotatable bonds is 7. The molecule has 0 aliphatic rings. The van der Waals surface area contributed by atoms with E-state index in [1.807, 2.05) is 38.1 Å². The highest BCUT2D eigenvalue weighted by Gasteiger charge is 2.34. The summed E-state index contributed by atoms with van der Waals surface area (Å²) >= 11 is 0. The third kappa shape index (κ3) is 4.12. The summed E-state index contributed by atoms with van der Waals surface area (Å²) in [6, 6.07) is 19.0. The normalized spacial score (nSPS) is 14.7. The van der Waals surface area contributed by atoms with Crippen LogP contribution in [0.3, 0.4) is 0 Å². The van der Waals surface area contributed by atoms with Crippen molar-refractivity contribution in [3.05, 3.63) is 77.6 Å². The lowest BCUT2D eigenvalue weighted by Crippen LogP contribution is -2.38. The molecule has 0 radical (unpaired) electrons. The molecule has 3 rings (SSSR count). The van der Waals surface area contributed by atoms with E-state index in [4.69, 9.17) is 14.2 Å². The predicted octanol–water partition coefficient (Wildman–Crippen LogP) is 5.45. The Morgan fingerprint density at radius 3 is 2.41 bits per heavy atom. The maximum absolute atomic E-state index is 14.2. The minimum Gasteiger partial charge on any atom is -0.489 e. The molecule has 0 aliphatic carbocycles. The first-order chi connectivity index (χ1) is 13.0. The Balaban J connectivity index is 1.83. The van der Waals surface area contributed by atoms with Crippen LogP contribution in [0.4, 0.5) is 4.39 Å². The van der Waals surface area contributed by atoms with Gasteiger partial charge in [-0.3, -0.25) is 0 Å². The van der Waals surface area contributed by atoms with Crippen LogP contribution in [0, 0.1) is 5.82 Å². The minimum absolute atomic E-state index is 0.252. The zero-order chi connectivity index (χ0) is 19.4. The average Bonchev–Trinajstić information content (AvgIpc) is 2.70. The summed E-state index contributed by atoms with van der Waals surface area (Å²) in [5.74, 6) is 0.0947. The molecule has 0 aliphatic heterocycles. The van der Waals surface area contributed by atoms with Gasteiger partial charge >= 0.3 is 0 Å². The first kappa shape index (κ1) is 19.3. The maximum atomic E-state index is 14.2. The number of halogens is 1. The summed E-state index contributed by atoms with van der Waals surface area (Å²) in [4.78, 5) is 0. The van der Waals surface area contributed by atoms with E-state index in [1.165, 1.54) is 17.5 Å².